The molecule has 1 fully saturated rings. The Morgan fingerprint density at radius 1 is 1.24 bits per heavy atom. The maximum absolute atomic E-state index is 14.9. The molecule has 1 amide bonds. The lowest BCUT2D eigenvalue weighted by atomic mass is 9.97. The zero-order valence-corrected chi connectivity index (χ0v) is 19.4. The zero-order valence-electron chi connectivity index (χ0n) is 19.4. The van der Waals surface area contributed by atoms with Crippen LogP contribution in [0.25, 0.3) is 21.9 Å². The summed E-state index contributed by atoms with van der Waals surface area (Å²) in [6.07, 6.45) is 10.1. The number of fused-ring (bicyclic) bond motifs is 1. The number of pyridine rings is 2. The van der Waals surface area contributed by atoms with Gasteiger partial charge in [-0.2, -0.15) is 5.10 Å². The predicted molar refractivity (Wildman–Crippen MR) is 132 cm³/mol. The number of nitrogen functional groups attached to an aromatic ring is 2. The SMILES string of the molecule is CCC1CC1C(=O)Nc1cc2cc(-c3cncc(N)c3C)c(F)c(N)c2cn1.Cn1cccn1. The Morgan fingerprint density at radius 3 is 2.65 bits per heavy atom. The van der Waals surface area contributed by atoms with E-state index in [0.29, 0.717) is 39.3 Å². The van der Waals surface area contributed by atoms with E-state index in [0.717, 1.165) is 18.4 Å². The minimum absolute atomic E-state index is 0.00735. The van der Waals surface area contributed by atoms with Gasteiger partial charge in [0.1, 0.15) is 5.82 Å². The van der Waals surface area contributed by atoms with Gasteiger partial charge in [0, 0.05) is 54.3 Å². The first-order valence-electron chi connectivity index (χ1n) is 11.1. The fraction of sp³-hybridized carbons (Fsp3) is 0.280. The van der Waals surface area contributed by atoms with Crippen LogP contribution in [0.2, 0.25) is 0 Å². The quantitative estimate of drug-likeness (QED) is 0.389. The molecule has 5 N–H and O–H groups in total. The normalized spacial score (nSPS) is 16.6. The molecule has 176 valence electrons. The van der Waals surface area contributed by atoms with Crippen LogP contribution < -0.4 is 16.8 Å². The van der Waals surface area contributed by atoms with Gasteiger partial charge < -0.3 is 16.8 Å². The third-order valence-corrected chi connectivity index (χ3v) is 6.22. The second kappa shape index (κ2) is 9.46. The number of carbonyl (C=O) groups excluding carboxylic acids is 1. The molecule has 4 aromatic rings. The maximum atomic E-state index is 14.9. The molecule has 1 aromatic carbocycles. The van der Waals surface area contributed by atoms with E-state index >= 15 is 0 Å². The second-order valence-electron chi connectivity index (χ2n) is 8.52. The van der Waals surface area contributed by atoms with Gasteiger partial charge in [-0.15, -0.1) is 0 Å². The summed E-state index contributed by atoms with van der Waals surface area (Å²) < 4.78 is 16.7. The van der Waals surface area contributed by atoms with E-state index in [1.165, 1.54) is 12.4 Å². The molecule has 0 saturated heterocycles. The number of nitrogens with zero attached hydrogens (tertiary/aromatic N) is 4. The number of benzene rings is 1. The summed E-state index contributed by atoms with van der Waals surface area (Å²) in [6, 6.07) is 5.29. The van der Waals surface area contributed by atoms with Gasteiger partial charge >= 0.3 is 0 Å². The number of rotatable bonds is 4. The van der Waals surface area contributed by atoms with Crippen LogP contribution in [0.15, 0.2) is 49.2 Å². The highest BCUT2D eigenvalue weighted by Crippen LogP contribution is 2.42. The highest BCUT2D eigenvalue weighted by molar-refractivity contribution is 6.00. The first-order chi connectivity index (χ1) is 16.3. The molecule has 2 unspecified atom stereocenters. The van der Waals surface area contributed by atoms with Crippen molar-refractivity contribution in [2.24, 2.45) is 18.9 Å². The molecule has 0 spiro atoms. The van der Waals surface area contributed by atoms with Crippen LogP contribution in [-0.4, -0.2) is 25.7 Å². The van der Waals surface area contributed by atoms with Crippen LogP contribution in [0.4, 0.5) is 21.6 Å². The predicted octanol–water partition coefficient (Wildman–Crippen LogP) is 4.31. The number of aryl methyl sites for hydroxylation is 1. The van der Waals surface area contributed by atoms with Gasteiger partial charge in [-0.05, 0) is 48.4 Å². The number of amides is 1. The van der Waals surface area contributed by atoms with Crippen molar-refractivity contribution in [3.8, 4) is 11.1 Å². The topological polar surface area (TPSA) is 125 Å². The number of anilines is 3. The molecule has 2 atom stereocenters. The van der Waals surface area contributed by atoms with Crippen LogP contribution in [0.3, 0.4) is 0 Å². The second-order valence-corrected chi connectivity index (χ2v) is 8.52. The molecule has 9 heteroatoms. The standard InChI is InChI=1S/C21H22FN5O.C4H6N2/c1-3-11-4-13(11)21(28)27-18-6-12-5-14(15-7-25-9-17(23)10(15)2)19(22)20(24)16(12)8-26-18;1-6-4-2-3-5-6/h5-9,11,13H,3-4,23-24H2,1-2H3,(H,26,27,28);2-4H,1H3. The number of nitrogens with one attached hydrogen (secondary N) is 1. The van der Waals surface area contributed by atoms with Crippen LogP contribution in [0.1, 0.15) is 25.3 Å². The lowest BCUT2D eigenvalue weighted by Crippen LogP contribution is -2.15. The number of hydrogen-bond acceptors (Lipinski definition) is 6. The van der Waals surface area contributed by atoms with Crippen molar-refractivity contribution >= 4 is 33.9 Å². The van der Waals surface area contributed by atoms with Gasteiger partial charge in [-0.25, -0.2) is 9.37 Å². The van der Waals surface area contributed by atoms with Crippen molar-refractivity contribution in [1.82, 2.24) is 19.7 Å². The average Bonchev–Trinajstić information content (AvgIpc) is 3.48. The van der Waals surface area contributed by atoms with Gasteiger partial charge in [0.15, 0.2) is 5.82 Å². The summed E-state index contributed by atoms with van der Waals surface area (Å²) in [5, 5.41) is 7.87. The summed E-state index contributed by atoms with van der Waals surface area (Å²) in [4.78, 5) is 20.6. The van der Waals surface area contributed by atoms with Crippen molar-refractivity contribution < 1.29 is 9.18 Å². The number of nitrogens with two attached hydrogens (primary N) is 2. The third kappa shape index (κ3) is 4.68. The Hall–Kier alpha value is -4.01. The Labute approximate surface area is 197 Å². The summed E-state index contributed by atoms with van der Waals surface area (Å²) in [5.74, 6) is 0.377. The van der Waals surface area contributed by atoms with E-state index in [2.05, 4.69) is 27.3 Å². The molecular weight excluding hydrogens is 433 g/mol. The Kier molecular flexibility index (Phi) is 6.45. The minimum Gasteiger partial charge on any atom is -0.397 e. The Balaban J connectivity index is 0.000000398. The largest absolute Gasteiger partial charge is 0.397 e. The molecule has 5 rings (SSSR count). The number of carbonyl (C=O) groups is 1. The fourth-order valence-electron chi connectivity index (χ4n) is 3.96. The molecule has 1 aliphatic rings. The molecule has 1 aliphatic carbocycles. The van der Waals surface area contributed by atoms with Gasteiger partial charge in [-0.1, -0.05) is 13.3 Å². The van der Waals surface area contributed by atoms with Gasteiger partial charge in [0.05, 0.1) is 17.6 Å². The van der Waals surface area contributed by atoms with Crippen molar-refractivity contribution in [3.05, 3.63) is 60.6 Å². The summed E-state index contributed by atoms with van der Waals surface area (Å²) >= 11 is 0. The monoisotopic (exact) mass is 461 g/mol. The van der Waals surface area contributed by atoms with E-state index in [1.807, 2.05) is 26.2 Å². The number of hydrogen-bond donors (Lipinski definition) is 3. The Morgan fingerprint density at radius 2 is 2.03 bits per heavy atom. The van der Waals surface area contributed by atoms with Crippen LogP contribution in [0, 0.1) is 24.6 Å². The van der Waals surface area contributed by atoms with Crippen LogP contribution in [-0.2, 0) is 11.8 Å². The summed E-state index contributed by atoms with van der Waals surface area (Å²) in [6.45, 7) is 3.89. The first-order valence-corrected chi connectivity index (χ1v) is 11.1. The molecule has 3 heterocycles. The van der Waals surface area contributed by atoms with E-state index in [1.54, 1.807) is 29.2 Å². The van der Waals surface area contributed by atoms with E-state index in [9.17, 15) is 9.18 Å². The lowest BCUT2D eigenvalue weighted by molar-refractivity contribution is -0.117. The van der Waals surface area contributed by atoms with Crippen molar-refractivity contribution in [2.45, 2.75) is 26.7 Å². The average molecular weight is 462 g/mol. The highest BCUT2D eigenvalue weighted by atomic mass is 19.1. The van der Waals surface area contributed by atoms with Gasteiger partial charge in [0.25, 0.3) is 0 Å². The molecule has 0 radical (unpaired) electrons. The van der Waals surface area contributed by atoms with Crippen LogP contribution >= 0.6 is 0 Å². The fourth-order valence-corrected chi connectivity index (χ4v) is 3.96. The van der Waals surface area contributed by atoms with E-state index < -0.39 is 5.82 Å². The number of halogens is 1. The molecule has 0 aliphatic heterocycles. The van der Waals surface area contributed by atoms with Crippen molar-refractivity contribution in [1.29, 1.82) is 0 Å². The molecular formula is C25H28FN7O. The summed E-state index contributed by atoms with van der Waals surface area (Å²) in [5.41, 5.74) is 14.1. The van der Waals surface area contributed by atoms with Gasteiger partial charge in [-0.3, -0.25) is 14.5 Å². The molecule has 0 bridgehead atoms. The molecule has 34 heavy (non-hydrogen) atoms. The van der Waals surface area contributed by atoms with E-state index in [-0.39, 0.29) is 17.5 Å². The lowest BCUT2D eigenvalue weighted by Gasteiger charge is -2.13. The molecule has 8 nitrogen and oxygen atoms in total. The van der Waals surface area contributed by atoms with Crippen LogP contribution in [0.5, 0.6) is 0 Å². The molecule has 1 saturated carbocycles. The third-order valence-electron chi connectivity index (χ3n) is 6.22. The van der Waals surface area contributed by atoms with Gasteiger partial charge in [0.2, 0.25) is 5.91 Å². The summed E-state index contributed by atoms with van der Waals surface area (Å²) in [7, 11) is 1.89. The molecule has 3 aromatic heterocycles. The number of aromatic nitrogens is 4. The first kappa shape index (κ1) is 23.2. The minimum atomic E-state index is -0.537. The van der Waals surface area contributed by atoms with Crippen molar-refractivity contribution in [3.63, 3.8) is 0 Å². The maximum Gasteiger partial charge on any atom is 0.228 e. The highest BCUT2D eigenvalue weighted by Gasteiger charge is 2.41. The Bertz CT molecular complexity index is 1340. The van der Waals surface area contributed by atoms with Crippen molar-refractivity contribution in [2.75, 3.05) is 16.8 Å². The zero-order chi connectivity index (χ0) is 24.4. The van der Waals surface area contributed by atoms with E-state index in [4.69, 9.17) is 11.5 Å². The smallest absolute Gasteiger partial charge is 0.228 e.